The molecule has 0 N–H and O–H groups in total. The lowest BCUT2D eigenvalue weighted by Gasteiger charge is -2.18. The van der Waals surface area contributed by atoms with Gasteiger partial charge in [0.05, 0.1) is 0 Å². The first-order valence-corrected chi connectivity index (χ1v) is 32.1. The van der Waals surface area contributed by atoms with E-state index in [1.54, 1.807) is 0 Å². The summed E-state index contributed by atoms with van der Waals surface area (Å²) in [7, 11) is 0. The van der Waals surface area contributed by atoms with Gasteiger partial charge in [-0.25, -0.2) is 0 Å². The summed E-state index contributed by atoms with van der Waals surface area (Å²) in [5.41, 5.74) is 0. The zero-order valence-corrected chi connectivity index (χ0v) is 49.0. The summed E-state index contributed by atoms with van der Waals surface area (Å²) in [6, 6.07) is 0. The van der Waals surface area contributed by atoms with E-state index in [2.05, 4.69) is 41.5 Å². The van der Waals surface area contributed by atoms with E-state index in [1.807, 2.05) is 0 Å². The smallest absolute Gasteiger partial charge is 0.306 e. The Kier molecular flexibility index (Phi) is 54.9. The van der Waals surface area contributed by atoms with Gasteiger partial charge in [-0.3, -0.25) is 14.4 Å². The Bertz CT molecular complexity index is 1100. The maximum Gasteiger partial charge on any atom is 0.306 e. The number of unbranched alkanes of at least 4 members (excludes halogenated alkanes) is 41. The third-order valence-electron chi connectivity index (χ3n) is 14.9. The van der Waals surface area contributed by atoms with E-state index >= 15 is 0 Å². The lowest BCUT2D eigenvalue weighted by molar-refractivity contribution is -0.167. The molecule has 0 rings (SSSR count). The summed E-state index contributed by atoms with van der Waals surface area (Å²) >= 11 is 0. The molecule has 0 bridgehead atoms. The molecule has 6 nitrogen and oxygen atoms in total. The predicted octanol–water partition coefficient (Wildman–Crippen LogP) is 21.5. The standard InChI is InChI=1S/C65H126O6/c1-59(2)51-45-39-33-27-21-15-11-9-7-8-10-12-17-24-30-36-42-48-54-63(66)69-57-62(58-70-64(67)55-49-43-37-31-25-20-19-23-29-35-41-47-53-61(5)6)71-65(68)56-50-44-38-32-26-18-14-13-16-22-28-34-40-46-52-60(3)4/h59-62H,7-58H2,1-6H3/t62-/m0/s1. The van der Waals surface area contributed by atoms with Gasteiger partial charge in [-0.2, -0.15) is 0 Å². The Morgan fingerprint density at radius 3 is 0.606 bits per heavy atom. The maximum atomic E-state index is 12.9. The van der Waals surface area contributed by atoms with Gasteiger partial charge < -0.3 is 14.2 Å². The van der Waals surface area contributed by atoms with Crippen molar-refractivity contribution in [3.8, 4) is 0 Å². The van der Waals surface area contributed by atoms with E-state index in [0.29, 0.717) is 19.3 Å². The SMILES string of the molecule is CC(C)CCCCCCCCCCCCCCCCCCCCC(=O)OC[C@@H](COC(=O)CCCCCCCCCCCCCCC(C)C)OC(=O)CCCCCCCCCCCCCCCCC(C)C. The molecular formula is C65H126O6. The second-order valence-corrected chi connectivity index (χ2v) is 23.8. The maximum absolute atomic E-state index is 12.9. The van der Waals surface area contributed by atoms with E-state index in [-0.39, 0.29) is 31.1 Å². The van der Waals surface area contributed by atoms with Crippen molar-refractivity contribution in [2.45, 2.75) is 369 Å². The van der Waals surface area contributed by atoms with Crippen LogP contribution in [0.25, 0.3) is 0 Å². The van der Waals surface area contributed by atoms with E-state index < -0.39 is 6.10 Å². The first-order valence-electron chi connectivity index (χ1n) is 32.1. The molecule has 0 heterocycles. The number of esters is 3. The first-order chi connectivity index (χ1) is 34.6. The van der Waals surface area contributed by atoms with Gasteiger partial charge in [0.1, 0.15) is 13.2 Å². The highest BCUT2D eigenvalue weighted by Crippen LogP contribution is 2.19. The topological polar surface area (TPSA) is 78.9 Å². The van der Waals surface area contributed by atoms with E-state index in [1.165, 1.54) is 244 Å². The molecular weight excluding hydrogens is 877 g/mol. The number of hydrogen-bond acceptors (Lipinski definition) is 6. The summed E-state index contributed by atoms with van der Waals surface area (Å²) in [5.74, 6) is 1.70. The minimum absolute atomic E-state index is 0.0625. The molecule has 71 heavy (non-hydrogen) atoms. The van der Waals surface area contributed by atoms with Gasteiger partial charge in [-0.05, 0) is 37.0 Å². The average Bonchev–Trinajstić information content (AvgIpc) is 3.33. The minimum Gasteiger partial charge on any atom is -0.462 e. The number of carbonyl (C=O) groups is 3. The van der Waals surface area contributed by atoms with Crippen LogP contribution in [0.4, 0.5) is 0 Å². The Morgan fingerprint density at radius 2 is 0.408 bits per heavy atom. The molecule has 0 amide bonds. The Balaban J connectivity index is 4.27. The first kappa shape index (κ1) is 69.4. The molecule has 0 aromatic rings. The van der Waals surface area contributed by atoms with Crippen molar-refractivity contribution >= 4 is 17.9 Å². The van der Waals surface area contributed by atoms with Gasteiger partial charge in [0.25, 0.3) is 0 Å². The highest BCUT2D eigenvalue weighted by atomic mass is 16.6. The van der Waals surface area contributed by atoms with Crippen LogP contribution in [-0.4, -0.2) is 37.2 Å². The predicted molar refractivity (Wildman–Crippen MR) is 307 cm³/mol. The molecule has 0 fully saturated rings. The summed E-state index contributed by atoms with van der Waals surface area (Å²) in [6.45, 7) is 13.8. The third-order valence-corrected chi connectivity index (χ3v) is 14.9. The summed E-state index contributed by atoms with van der Waals surface area (Å²) < 4.78 is 17.0. The van der Waals surface area contributed by atoms with Crippen LogP contribution in [0, 0.1) is 17.8 Å². The third kappa shape index (κ3) is 59.2. The summed E-state index contributed by atoms with van der Waals surface area (Å²) in [6.07, 6.45) is 61.0. The van der Waals surface area contributed by atoms with Crippen LogP contribution in [0.3, 0.4) is 0 Å². The van der Waals surface area contributed by atoms with Crippen LogP contribution in [0.15, 0.2) is 0 Å². The fourth-order valence-electron chi connectivity index (χ4n) is 10.1. The molecule has 0 aromatic heterocycles. The van der Waals surface area contributed by atoms with Crippen molar-refractivity contribution in [3.63, 3.8) is 0 Å². The number of hydrogen-bond donors (Lipinski definition) is 0. The van der Waals surface area contributed by atoms with Crippen molar-refractivity contribution in [2.75, 3.05) is 13.2 Å². The van der Waals surface area contributed by atoms with Gasteiger partial charge in [0.15, 0.2) is 6.10 Å². The zero-order chi connectivity index (χ0) is 51.9. The quantitative estimate of drug-likeness (QED) is 0.0343. The molecule has 0 unspecified atom stereocenters. The van der Waals surface area contributed by atoms with Gasteiger partial charge in [-0.15, -0.1) is 0 Å². The lowest BCUT2D eigenvalue weighted by Crippen LogP contribution is -2.30. The van der Waals surface area contributed by atoms with E-state index in [4.69, 9.17) is 14.2 Å². The molecule has 0 aliphatic carbocycles. The minimum atomic E-state index is -0.764. The highest BCUT2D eigenvalue weighted by molar-refractivity contribution is 5.71. The Hall–Kier alpha value is -1.59. The molecule has 0 saturated heterocycles. The van der Waals surface area contributed by atoms with Gasteiger partial charge in [0, 0.05) is 19.3 Å². The van der Waals surface area contributed by atoms with Crippen molar-refractivity contribution < 1.29 is 28.6 Å². The van der Waals surface area contributed by atoms with Crippen LogP contribution < -0.4 is 0 Å². The molecule has 0 aromatic carbocycles. The number of ether oxygens (including phenoxy) is 3. The van der Waals surface area contributed by atoms with Crippen LogP contribution in [0.2, 0.25) is 0 Å². The fourth-order valence-corrected chi connectivity index (χ4v) is 10.1. The average molecular weight is 1000 g/mol. The molecule has 0 radical (unpaired) electrons. The molecule has 0 aliphatic rings. The molecule has 0 saturated carbocycles. The number of carbonyl (C=O) groups excluding carboxylic acids is 3. The Labute approximate surface area is 444 Å². The van der Waals surface area contributed by atoms with E-state index in [0.717, 1.165) is 75.5 Å². The van der Waals surface area contributed by atoms with Crippen LogP contribution in [0.5, 0.6) is 0 Å². The second-order valence-electron chi connectivity index (χ2n) is 23.8. The van der Waals surface area contributed by atoms with Crippen molar-refractivity contribution in [1.82, 2.24) is 0 Å². The van der Waals surface area contributed by atoms with Gasteiger partial charge >= 0.3 is 17.9 Å². The highest BCUT2D eigenvalue weighted by Gasteiger charge is 2.19. The second kappa shape index (κ2) is 56.1. The largest absolute Gasteiger partial charge is 0.462 e. The summed E-state index contributed by atoms with van der Waals surface area (Å²) in [4.78, 5) is 38.3. The van der Waals surface area contributed by atoms with Crippen LogP contribution in [0.1, 0.15) is 363 Å². The summed E-state index contributed by atoms with van der Waals surface area (Å²) in [5, 5.41) is 0. The normalized spacial score (nSPS) is 12.1. The van der Waals surface area contributed by atoms with Crippen LogP contribution in [-0.2, 0) is 28.6 Å². The lowest BCUT2D eigenvalue weighted by atomic mass is 10.0. The van der Waals surface area contributed by atoms with Gasteiger partial charge in [-0.1, -0.05) is 324 Å². The van der Waals surface area contributed by atoms with Crippen molar-refractivity contribution in [2.24, 2.45) is 17.8 Å². The molecule has 1 atom stereocenters. The van der Waals surface area contributed by atoms with Crippen molar-refractivity contribution in [1.29, 1.82) is 0 Å². The molecule has 6 heteroatoms. The monoisotopic (exact) mass is 1000 g/mol. The zero-order valence-electron chi connectivity index (χ0n) is 49.0. The van der Waals surface area contributed by atoms with Crippen molar-refractivity contribution in [3.05, 3.63) is 0 Å². The van der Waals surface area contributed by atoms with E-state index in [9.17, 15) is 14.4 Å². The molecule has 422 valence electrons. The molecule has 0 spiro atoms. The van der Waals surface area contributed by atoms with Crippen LogP contribution >= 0.6 is 0 Å². The fraction of sp³-hybridized carbons (Fsp3) is 0.954. The molecule has 0 aliphatic heterocycles. The Morgan fingerprint density at radius 1 is 0.239 bits per heavy atom. The van der Waals surface area contributed by atoms with Gasteiger partial charge in [0.2, 0.25) is 0 Å². The number of rotatable bonds is 58.